The monoisotopic (exact) mass is 482 g/mol. The Balaban J connectivity index is 0.000000196. The molecule has 34 heavy (non-hydrogen) atoms. The topological polar surface area (TPSA) is 193 Å². The first-order valence-corrected chi connectivity index (χ1v) is 11.1. The standard InChI is InChI=1S/C12H19N3O4.C8H11N3O4/c1-11(2,3)19-10(17)15(18)12-7-5-4-6-8(12)13-14-9(12)16;12-6-8(11(15)7(13)14)4-2-1-3-5(8)9-10-6/h18H,4-7H2,1-3H3,(H,14,16);15H,1-4H2,(H,10,12)(H,13,14). The van der Waals surface area contributed by atoms with Gasteiger partial charge in [0.1, 0.15) is 5.60 Å². The highest BCUT2D eigenvalue weighted by Crippen LogP contribution is 2.35. The first kappa shape index (κ1) is 25.4. The molecule has 2 heterocycles. The van der Waals surface area contributed by atoms with Gasteiger partial charge in [0.2, 0.25) is 0 Å². The Labute approximate surface area is 195 Å². The van der Waals surface area contributed by atoms with E-state index in [4.69, 9.17) is 9.84 Å². The lowest BCUT2D eigenvalue weighted by Gasteiger charge is -2.37. The zero-order chi connectivity index (χ0) is 25.3. The molecule has 4 amide bonds. The fourth-order valence-electron chi connectivity index (χ4n) is 4.53. The number of hydrazone groups is 2. The maximum absolute atomic E-state index is 12.0. The molecule has 14 heteroatoms. The van der Waals surface area contributed by atoms with E-state index in [1.807, 2.05) is 0 Å². The molecule has 0 bridgehead atoms. The number of rotatable bonds is 2. The minimum Gasteiger partial charge on any atom is -0.463 e. The summed E-state index contributed by atoms with van der Waals surface area (Å²) in [5.41, 5.74) is 1.86. The Morgan fingerprint density at radius 3 is 1.74 bits per heavy atom. The molecular weight excluding hydrogens is 452 g/mol. The number of hydrogen-bond donors (Lipinski definition) is 5. The van der Waals surface area contributed by atoms with Gasteiger partial charge in [-0.1, -0.05) is 0 Å². The molecule has 2 aliphatic heterocycles. The van der Waals surface area contributed by atoms with Gasteiger partial charge in [0.25, 0.3) is 11.8 Å². The molecule has 0 spiro atoms. The minimum absolute atomic E-state index is 0.0767. The van der Waals surface area contributed by atoms with Crippen molar-refractivity contribution in [1.82, 2.24) is 21.0 Å². The summed E-state index contributed by atoms with van der Waals surface area (Å²) in [4.78, 5) is 46.3. The predicted molar refractivity (Wildman–Crippen MR) is 115 cm³/mol. The second-order valence-corrected chi connectivity index (χ2v) is 9.52. The molecule has 2 fully saturated rings. The highest BCUT2D eigenvalue weighted by molar-refractivity contribution is 6.18. The van der Waals surface area contributed by atoms with E-state index < -0.39 is 40.7 Å². The number of carbonyl (C=O) groups excluding carboxylic acids is 3. The molecule has 0 aromatic heterocycles. The number of amides is 4. The van der Waals surface area contributed by atoms with E-state index in [0.717, 1.165) is 19.3 Å². The lowest BCUT2D eigenvalue weighted by atomic mass is 9.79. The van der Waals surface area contributed by atoms with Crippen molar-refractivity contribution in [2.75, 3.05) is 0 Å². The number of nitrogens with zero attached hydrogens (tertiary/aromatic N) is 4. The van der Waals surface area contributed by atoms with Crippen LogP contribution < -0.4 is 10.9 Å². The summed E-state index contributed by atoms with van der Waals surface area (Å²) < 4.78 is 5.11. The van der Waals surface area contributed by atoms with E-state index in [0.29, 0.717) is 42.2 Å². The van der Waals surface area contributed by atoms with E-state index in [-0.39, 0.29) is 11.5 Å². The number of carbonyl (C=O) groups is 4. The Hall–Kier alpha value is -3.26. The van der Waals surface area contributed by atoms with Crippen molar-refractivity contribution in [3.05, 3.63) is 0 Å². The maximum atomic E-state index is 12.0. The third-order valence-electron chi connectivity index (χ3n) is 6.17. The van der Waals surface area contributed by atoms with E-state index >= 15 is 0 Å². The van der Waals surface area contributed by atoms with Crippen LogP contribution in [-0.2, 0) is 14.3 Å². The molecule has 0 aromatic carbocycles. The molecule has 0 aromatic rings. The summed E-state index contributed by atoms with van der Waals surface area (Å²) in [6.07, 6.45) is 2.44. The van der Waals surface area contributed by atoms with Crippen LogP contribution in [0.1, 0.15) is 72.1 Å². The number of hydroxylamine groups is 4. The lowest BCUT2D eigenvalue weighted by Crippen LogP contribution is -2.61. The zero-order valence-electron chi connectivity index (χ0n) is 19.3. The fraction of sp³-hybridized carbons (Fsp3) is 0.700. The number of carboxylic acid groups (broad SMARTS) is 1. The first-order chi connectivity index (χ1) is 15.9. The highest BCUT2D eigenvalue weighted by atomic mass is 16.6. The van der Waals surface area contributed by atoms with Crippen molar-refractivity contribution in [3.63, 3.8) is 0 Å². The van der Waals surface area contributed by atoms with Crippen LogP contribution in [0, 0.1) is 0 Å². The number of nitrogens with one attached hydrogen (secondary N) is 2. The van der Waals surface area contributed by atoms with Crippen LogP contribution in [0.15, 0.2) is 10.2 Å². The molecule has 2 atom stereocenters. The summed E-state index contributed by atoms with van der Waals surface area (Å²) in [5, 5.41) is 36.5. The van der Waals surface area contributed by atoms with Crippen LogP contribution in [0.4, 0.5) is 9.59 Å². The number of ether oxygens (including phenoxy) is 1. The van der Waals surface area contributed by atoms with Crippen molar-refractivity contribution >= 4 is 35.4 Å². The van der Waals surface area contributed by atoms with Crippen LogP contribution >= 0.6 is 0 Å². The first-order valence-electron chi connectivity index (χ1n) is 11.1. The number of fused-ring (bicyclic) bond motifs is 2. The summed E-state index contributed by atoms with van der Waals surface area (Å²) >= 11 is 0. The molecule has 4 rings (SSSR count). The summed E-state index contributed by atoms with van der Waals surface area (Å²) in [6, 6.07) is 0. The van der Waals surface area contributed by atoms with Gasteiger partial charge in [-0.05, 0) is 72.1 Å². The van der Waals surface area contributed by atoms with Gasteiger partial charge in [-0.25, -0.2) is 20.4 Å². The van der Waals surface area contributed by atoms with Crippen LogP contribution in [0.3, 0.4) is 0 Å². The Morgan fingerprint density at radius 1 is 0.882 bits per heavy atom. The molecule has 2 saturated carbocycles. The third-order valence-corrected chi connectivity index (χ3v) is 6.17. The van der Waals surface area contributed by atoms with E-state index in [2.05, 4.69) is 21.1 Å². The van der Waals surface area contributed by atoms with Crippen LogP contribution in [0.5, 0.6) is 0 Å². The van der Waals surface area contributed by atoms with E-state index in [1.165, 1.54) is 0 Å². The van der Waals surface area contributed by atoms with Gasteiger partial charge in [0.05, 0.1) is 11.4 Å². The minimum atomic E-state index is -1.54. The Bertz CT molecular complexity index is 944. The van der Waals surface area contributed by atoms with E-state index in [1.54, 1.807) is 20.8 Å². The predicted octanol–water partition coefficient (Wildman–Crippen LogP) is 1.57. The molecular formula is C20H30N6O8. The van der Waals surface area contributed by atoms with Gasteiger partial charge in [0, 0.05) is 0 Å². The van der Waals surface area contributed by atoms with Gasteiger partial charge in [-0.3, -0.25) is 20.0 Å². The van der Waals surface area contributed by atoms with Crippen molar-refractivity contribution in [2.24, 2.45) is 10.2 Å². The van der Waals surface area contributed by atoms with Crippen molar-refractivity contribution in [3.8, 4) is 0 Å². The van der Waals surface area contributed by atoms with Gasteiger partial charge in [-0.15, -0.1) is 0 Å². The SMILES string of the molecule is CC(C)(C)OC(=O)N(O)C12CCCCC1=NNC2=O.O=C(O)N(O)C12CCCCC1=NNC2=O. The largest absolute Gasteiger partial charge is 0.463 e. The smallest absolute Gasteiger partial charge is 0.435 e. The van der Waals surface area contributed by atoms with Gasteiger partial charge < -0.3 is 9.84 Å². The molecule has 4 aliphatic rings. The molecule has 14 nitrogen and oxygen atoms in total. The average Bonchev–Trinajstić information content (AvgIpc) is 3.30. The van der Waals surface area contributed by atoms with Crippen molar-refractivity contribution in [2.45, 2.75) is 88.8 Å². The zero-order valence-corrected chi connectivity index (χ0v) is 19.3. The van der Waals surface area contributed by atoms with Crippen LogP contribution in [0.2, 0.25) is 0 Å². The Kier molecular flexibility index (Phi) is 6.85. The summed E-state index contributed by atoms with van der Waals surface area (Å²) in [7, 11) is 0. The van der Waals surface area contributed by atoms with E-state index in [9.17, 15) is 29.6 Å². The van der Waals surface area contributed by atoms with Gasteiger partial charge in [0.15, 0.2) is 11.1 Å². The number of hydrogen-bond acceptors (Lipinski definition) is 9. The second-order valence-electron chi connectivity index (χ2n) is 9.52. The summed E-state index contributed by atoms with van der Waals surface area (Å²) in [6.45, 7) is 5.09. The molecule has 0 saturated heterocycles. The van der Waals surface area contributed by atoms with Gasteiger partial charge in [-0.2, -0.15) is 20.3 Å². The molecule has 2 aliphatic carbocycles. The average molecular weight is 482 g/mol. The normalized spacial score (nSPS) is 27.6. The molecule has 0 radical (unpaired) electrons. The van der Waals surface area contributed by atoms with Crippen LogP contribution in [-0.4, -0.2) is 77.8 Å². The van der Waals surface area contributed by atoms with Crippen LogP contribution in [0.25, 0.3) is 0 Å². The second kappa shape index (κ2) is 9.18. The third kappa shape index (κ3) is 4.30. The molecule has 5 N–H and O–H groups in total. The summed E-state index contributed by atoms with van der Waals surface area (Å²) in [5.74, 6) is -1.04. The molecule has 188 valence electrons. The Morgan fingerprint density at radius 2 is 1.32 bits per heavy atom. The quantitative estimate of drug-likeness (QED) is 0.289. The van der Waals surface area contributed by atoms with Crippen molar-refractivity contribution in [1.29, 1.82) is 0 Å². The highest BCUT2D eigenvalue weighted by Gasteiger charge is 2.56. The maximum Gasteiger partial charge on any atom is 0.435 e. The van der Waals surface area contributed by atoms with Gasteiger partial charge >= 0.3 is 12.2 Å². The lowest BCUT2D eigenvalue weighted by molar-refractivity contribution is -0.161. The van der Waals surface area contributed by atoms with Crippen molar-refractivity contribution < 1.29 is 39.4 Å². The fourth-order valence-corrected chi connectivity index (χ4v) is 4.53. The molecule has 2 unspecified atom stereocenters.